The molecule has 0 saturated carbocycles. The third kappa shape index (κ3) is 6.89. The van der Waals surface area contributed by atoms with Crippen LogP contribution in [0.1, 0.15) is 32.0 Å². The predicted octanol–water partition coefficient (Wildman–Crippen LogP) is 4.74. The molecular weight excluding hydrogens is 449 g/mol. The van der Waals surface area contributed by atoms with E-state index in [-0.39, 0.29) is 30.8 Å². The highest BCUT2D eigenvalue weighted by molar-refractivity contribution is 5.96. The second-order valence-electron chi connectivity index (χ2n) is 9.28. The van der Waals surface area contributed by atoms with Crippen LogP contribution in [0.15, 0.2) is 54.6 Å². The molecule has 0 aliphatic heterocycles. The molecule has 1 aromatic heterocycles. The van der Waals surface area contributed by atoms with Crippen molar-refractivity contribution in [3.8, 4) is 5.69 Å². The summed E-state index contributed by atoms with van der Waals surface area (Å²) in [5, 5.41) is 10.1. The van der Waals surface area contributed by atoms with Gasteiger partial charge in [0.05, 0.1) is 23.7 Å². The van der Waals surface area contributed by atoms with Gasteiger partial charge in [0.15, 0.2) is 0 Å². The lowest BCUT2D eigenvalue weighted by Crippen LogP contribution is -2.42. The fourth-order valence-electron chi connectivity index (χ4n) is 3.29. The van der Waals surface area contributed by atoms with Crippen molar-refractivity contribution in [2.45, 2.75) is 33.1 Å². The number of nitrogens with one attached hydrogen (secondary N) is 2. The molecule has 0 bridgehead atoms. The minimum atomic E-state index is -0.607. The molecule has 0 aliphatic carbocycles. The number of ether oxygens (including phenoxy) is 1. The lowest BCUT2D eigenvalue weighted by molar-refractivity contribution is -0.116. The van der Waals surface area contributed by atoms with Gasteiger partial charge in [-0.25, -0.2) is 13.9 Å². The van der Waals surface area contributed by atoms with Crippen molar-refractivity contribution in [2.75, 3.05) is 37.4 Å². The van der Waals surface area contributed by atoms with E-state index >= 15 is 0 Å². The molecule has 9 heteroatoms. The molecule has 2 N–H and O–H groups in total. The molecule has 0 unspecified atom stereocenters. The van der Waals surface area contributed by atoms with Crippen molar-refractivity contribution in [3.63, 3.8) is 0 Å². The predicted molar refractivity (Wildman–Crippen MR) is 134 cm³/mol. The van der Waals surface area contributed by atoms with Crippen LogP contribution in [0.3, 0.4) is 0 Å². The molecule has 2 aromatic carbocycles. The Labute approximate surface area is 205 Å². The summed E-state index contributed by atoms with van der Waals surface area (Å²) in [4.78, 5) is 27.1. The van der Waals surface area contributed by atoms with Gasteiger partial charge in [-0.2, -0.15) is 5.10 Å². The van der Waals surface area contributed by atoms with Gasteiger partial charge in [0, 0.05) is 25.1 Å². The van der Waals surface area contributed by atoms with Crippen LogP contribution in [0.4, 0.5) is 20.7 Å². The maximum absolute atomic E-state index is 14.0. The van der Waals surface area contributed by atoms with E-state index in [9.17, 15) is 14.0 Å². The van der Waals surface area contributed by atoms with Crippen LogP contribution in [-0.4, -0.2) is 53.4 Å². The molecule has 0 atom stereocenters. The van der Waals surface area contributed by atoms with E-state index in [4.69, 9.17) is 9.84 Å². The summed E-state index contributed by atoms with van der Waals surface area (Å²) < 4.78 is 20.8. The molecule has 3 rings (SSSR count). The first-order valence-corrected chi connectivity index (χ1v) is 11.4. The number of anilines is 2. The summed E-state index contributed by atoms with van der Waals surface area (Å²) in [5.74, 6) is -0.489. The normalized spacial score (nSPS) is 11.3. The summed E-state index contributed by atoms with van der Waals surface area (Å²) in [6, 6.07) is 14.9. The zero-order valence-corrected chi connectivity index (χ0v) is 20.8. The number of carbonyl (C=O) groups is 2. The largest absolute Gasteiger partial charge is 0.383 e. The van der Waals surface area contributed by atoms with E-state index < -0.39 is 17.8 Å². The Kier molecular flexibility index (Phi) is 8.24. The molecule has 1 heterocycles. The smallest absolute Gasteiger partial charge is 0.322 e. The van der Waals surface area contributed by atoms with Crippen LogP contribution in [0.25, 0.3) is 5.69 Å². The minimum absolute atomic E-state index is 0.0348. The highest BCUT2D eigenvalue weighted by Gasteiger charge is 2.23. The number of methoxy groups -OCH3 is 1. The van der Waals surface area contributed by atoms with Gasteiger partial charge in [-0.3, -0.25) is 4.79 Å². The molecule has 0 radical (unpaired) electrons. The molecule has 186 valence electrons. The Hall–Kier alpha value is -3.72. The maximum atomic E-state index is 14.0. The first-order valence-electron chi connectivity index (χ1n) is 11.4. The van der Waals surface area contributed by atoms with Crippen molar-refractivity contribution < 1.29 is 18.7 Å². The first kappa shape index (κ1) is 25.9. The number of hydrogen-bond acceptors (Lipinski definition) is 4. The third-order valence-electron chi connectivity index (χ3n) is 5.33. The van der Waals surface area contributed by atoms with Gasteiger partial charge in [-0.05, 0) is 31.2 Å². The molecule has 0 aliphatic rings. The van der Waals surface area contributed by atoms with E-state index in [1.807, 2.05) is 58.0 Å². The van der Waals surface area contributed by atoms with Crippen molar-refractivity contribution in [1.82, 2.24) is 14.7 Å². The van der Waals surface area contributed by atoms with Gasteiger partial charge in [-0.15, -0.1) is 0 Å². The van der Waals surface area contributed by atoms with Crippen molar-refractivity contribution >= 4 is 23.4 Å². The Morgan fingerprint density at radius 1 is 1.09 bits per heavy atom. The number of benzene rings is 2. The Bertz CT molecular complexity index is 1170. The number of rotatable bonds is 8. The van der Waals surface area contributed by atoms with Crippen LogP contribution in [0.2, 0.25) is 0 Å². The molecule has 35 heavy (non-hydrogen) atoms. The van der Waals surface area contributed by atoms with Gasteiger partial charge >= 0.3 is 6.03 Å². The third-order valence-corrected chi connectivity index (χ3v) is 5.33. The van der Waals surface area contributed by atoms with Crippen LogP contribution < -0.4 is 10.6 Å². The number of hydrogen-bond donors (Lipinski definition) is 2. The van der Waals surface area contributed by atoms with E-state index in [0.717, 1.165) is 16.9 Å². The van der Waals surface area contributed by atoms with Gasteiger partial charge in [-0.1, -0.05) is 50.6 Å². The maximum Gasteiger partial charge on any atom is 0.322 e. The van der Waals surface area contributed by atoms with Gasteiger partial charge < -0.3 is 20.3 Å². The zero-order chi connectivity index (χ0) is 25.6. The van der Waals surface area contributed by atoms with Crippen molar-refractivity contribution in [3.05, 3.63) is 71.7 Å². The van der Waals surface area contributed by atoms with Gasteiger partial charge in [0.2, 0.25) is 5.91 Å². The number of para-hydroxylation sites is 1. The standard InChI is InChI=1S/C26H32FN5O3/c1-18-10-12-19(13-11-18)32-23(16-22(30-32)26(2,3)4)29-24(33)17-31(14-15-35-5)25(34)28-21-9-7-6-8-20(21)27/h6-13,16H,14-15,17H2,1-5H3,(H,28,34)(H,29,33). The summed E-state index contributed by atoms with van der Waals surface area (Å²) in [7, 11) is 1.50. The van der Waals surface area contributed by atoms with Crippen LogP contribution in [0.5, 0.6) is 0 Å². The average molecular weight is 482 g/mol. The Morgan fingerprint density at radius 2 is 1.77 bits per heavy atom. The summed E-state index contributed by atoms with van der Waals surface area (Å²) >= 11 is 0. The number of urea groups is 1. The fourth-order valence-corrected chi connectivity index (χ4v) is 3.29. The molecule has 3 amide bonds. The quantitative estimate of drug-likeness (QED) is 0.487. The highest BCUT2D eigenvalue weighted by atomic mass is 19.1. The number of carbonyl (C=O) groups excluding carboxylic acids is 2. The molecular formula is C26H32FN5O3. The SMILES string of the molecule is COCCN(CC(=O)Nc1cc(C(C)(C)C)nn1-c1ccc(C)cc1)C(=O)Nc1ccccc1F. The van der Waals surface area contributed by atoms with E-state index in [2.05, 4.69) is 10.6 Å². The molecule has 0 fully saturated rings. The first-order chi connectivity index (χ1) is 16.6. The molecule has 0 spiro atoms. The average Bonchev–Trinajstić information content (AvgIpc) is 3.22. The second-order valence-corrected chi connectivity index (χ2v) is 9.28. The van der Waals surface area contributed by atoms with Crippen LogP contribution in [-0.2, 0) is 14.9 Å². The van der Waals surface area contributed by atoms with E-state index in [0.29, 0.717) is 5.82 Å². The van der Waals surface area contributed by atoms with Crippen molar-refractivity contribution in [2.24, 2.45) is 0 Å². The summed E-state index contributed by atoms with van der Waals surface area (Å²) in [5.41, 5.74) is 2.51. The van der Waals surface area contributed by atoms with Crippen LogP contribution >= 0.6 is 0 Å². The van der Waals surface area contributed by atoms with Gasteiger partial charge in [0.1, 0.15) is 18.2 Å². The number of nitrogens with zero attached hydrogens (tertiary/aromatic N) is 3. The van der Waals surface area contributed by atoms with E-state index in [1.165, 1.54) is 30.2 Å². The second kappa shape index (κ2) is 11.1. The number of amides is 3. The topological polar surface area (TPSA) is 88.5 Å². The van der Waals surface area contributed by atoms with E-state index in [1.54, 1.807) is 10.7 Å². The zero-order valence-electron chi connectivity index (χ0n) is 20.8. The number of aromatic nitrogens is 2. The monoisotopic (exact) mass is 481 g/mol. The number of aryl methyl sites for hydroxylation is 1. The Morgan fingerprint density at radius 3 is 2.40 bits per heavy atom. The molecule has 3 aromatic rings. The molecule has 8 nitrogen and oxygen atoms in total. The highest BCUT2D eigenvalue weighted by Crippen LogP contribution is 2.26. The number of halogens is 1. The van der Waals surface area contributed by atoms with Crippen LogP contribution in [0, 0.1) is 12.7 Å². The van der Waals surface area contributed by atoms with Crippen molar-refractivity contribution in [1.29, 1.82) is 0 Å². The lowest BCUT2D eigenvalue weighted by Gasteiger charge is -2.22. The van der Waals surface area contributed by atoms with Gasteiger partial charge in [0.25, 0.3) is 0 Å². The molecule has 0 saturated heterocycles. The summed E-state index contributed by atoms with van der Waals surface area (Å²) in [6.45, 7) is 8.23. The minimum Gasteiger partial charge on any atom is -0.383 e. The lowest BCUT2D eigenvalue weighted by atomic mass is 9.92. The Balaban J connectivity index is 1.81. The fraction of sp³-hybridized carbons (Fsp3) is 0.346. The summed E-state index contributed by atoms with van der Waals surface area (Å²) in [6.07, 6.45) is 0.